The molecule has 0 saturated heterocycles. The molecule has 0 aromatic carbocycles. The van der Waals surface area contributed by atoms with Crippen molar-refractivity contribution in [1.82, 2.24) is 9.55 Å². The summed E-state index contributed by atoms with van der Waals surface area (Å²) < 4.78 is 19.8. The zero-order valence-corrected chi connectivity index (χ0v) is 10.5. The maximum atomic E-state index is 13.5. The van der Waals surface area contributed by atoms with E-state index < -0.39 is 24.1 Å². The van der Waals surface area contributed by atoms with Crippen LogP contribution in [0.5, 0.6) is 0 Å². The molecule has 2 unspecified atom stereocenters. The molecule has 0 aliphatic rings. The monoisotopic (exact) mass is 259 g/mol. The zero-order chi connectivity index (χ0) is 13.8. The summed E-state index contributed by atoms with van der Waals surface area (Å²) in [6.45, 7) is 1.04. The molecule has 0 aliphatic carbocycles. The highest BCUT2D eigenvalue weighted by Crippen LogP contribution is 2.22. The summed E-state index contributed by atoms with van der Waals surface area (Å²) in [6, 6.07) is 1.48. The van der Waals surface area contributed by atoms with E-state index in [1.807, 2.05) is 0 Å². The van der Waals surface area contributed by atoms with E-state index in [-0.39, 0.29) is 18.8 Å². The van der Waals surface area contributed by atoms with E-state index in [2.05, 4.69) is 4.98 Å². The number of nitrogen functional groups attached to an aromatic ring is 1. The first-order chi connectivity index (χ1) is 8.45. The van der Waals surface area contributed by atoms with Crippen molar-refractivity contribution < 1.29 is 14.2 Å². The van der Waals surface area contributed by atoms with Gasteiger partial charge in [0.1, 0.15) is 17.6 Å². The number of hydrogen-bond donors (Lipinski definition) is 2. The average molecular weight is 259 g/mol. The number of methoxy groups -OCH3 is 1. The number of aryl methyl sites for hydroxylation is 1. The average Bonchev–Trinajstić information content (AvgIpc) is 2.32. The number of rotatable bonds is 6. The molecule has 0 amide bonds. The van der Waals surface area contributed by atoms with Crippen LogP contribution in [0.4, 0.5) is 10.2 Å². The van der Waals surface area contributed by atoms with Gasteiger partial charge in [-0.2, -0.15) is 4.98 Å². The molecule has 0 bridgehead atoms. The summed E-state index contributed by atoms with van der Waals surface area (Å²) in [4.78, 5) is 15.0. The van der Waals surface area contributed by atoms with Crippen LogP contribution in [0, 0.1) is 0 Å². The Hall–Kier alpha value is -1.47. The second kappa shape index (κ2) is 5.92. The van der Waals surface area contributed by atoms with Crippen LogP contribution >= 0.6 is 0 Å². The van der Waals surface area contributed by atoms with Gasteiger partial charge in [-0.3, -0.25) is 4.57 Å². The molecule has 1 aromatic heterocycles. The summed E-state index contributed by atoms with van der Waals surface area (Å²) >= 11 is 0. The normalized spacial score (nSPS) is 16.2. The molecular weight excluding hydrogens is 241 g/mol. The minimum absolute atomic E-state index is 0.135. The van der Waals surface area contributed by atoms with Crippen molar-refractivity contribution in [3.63, 3.8) is 0 Å². The number of anilines is 1. The number of nitrogens with zero attached hydrogens (tertiary/aromatic N) is 2. The number of hydrogen-bond acceptors (Lipinski definition) is 5. The van der Waals surface area contributed by atoms with Gasteiger partial charge in [-0.25, -0.2) is 9.18 Å². The number of nitrogens with two attached hydrogens (primary N) is 1. The van der Waals surface area contributed by atoms with Crippen LogP contribution in [-0.2, 0) is 11.3 Å². The minimum atomic E-state index is -1.36. The number of alkyl halides is 1. The van der Waals surface area contributed by atoms with Gasteiger partial charge in [0.05, 0.1) is 6.61 Å². The first-order valence-electron chi connectivity index (χ1n) is 5.58. The second-order valence-electron chi connectivity index (χ2n) is 4.12. The largest absolute Gasteiger partial charge is 0.393 e. The fraction of sp³-hybridized carbons (Fsp3) is 0.636. The van der Waals surface area contributed by atoms with Crippen LogP contribution in [0.2, 0.25) is 0 Å². The first-order valence-corrected chi connectivity index (χ1v) is 5.58. The van der Waals surface area contributed by atoms with Crippen molar-refractivity contribution in [3.05, 3.63) is 22.7 Å². The molecule has 0 saturated carbocycles. The highest BCUT2D eigenvalue weighted by atomic mass is 19.1. The molecular formula is C11H18FN3O3. The van der Waals surface area contributed by atoms with E-state index in [9.17, 15) is 14.3 Å². The van der Waals surface area contributed by atoms with Crippen LogP contribution < -0.4 is 11.4 Å². The number of aromatic nitrogens is 2. The first kappa shape index (κ1) is 14.6. The third-order valence-corrected chi connectivity index (χ3v) is 3.07. The van der Waals surface area contributed by atoms with Gasteiger partial charge in [0.15, 0.2) is 0 Å². The molecule has 0 radical (unpaired) electrons. The van der Waals surface area contributed by atoms with Crippen LogP contribution in [-0.4, -0.2) is 40.1 Å². The lowest BCUT2D eigenvalue weighted by Crippen LogP contribution is -2.45. The third-order valence-electron chi connectivity index (χ3n) is 3.07. The third kappa shape index (κ3) is 3.05. The predicted molar refractivity (Wildman–Crippen MR) is 64.9 cm³/mol. The van der Waals surface area contributed by atoms with Crippen LogP contribution in [0.1, 0.15) is 13.3 Å². The summed E-state index contributed by atoms with van der Waals surface area (Å²) in [5.41, 5.74) is 3.55. The Kier molecular flexibility index (Phi) is 4.80. The Bertz CT molecular complexity index is 443. The van der Waals surface area contributed by atoms with Gasteiger partial charge in [0, 0.05) is 19.9 Å². The van der Waals surface area contributed by atoms with Crippen LogP contribution in [0.15, 0.2) is 17.1 Å². The molecule has 7 heteroatoms. The fourth-order valence-corrected chi connectivity index (χ4v) is 1.65. The highest BCUT2D eigenvalue weighted by molar-refractivity contribution is 5.23. The lowest BCUT2D eigenvalue weighted by atomic mass is 9.95. The molecule has 0 spiro atoms. The van der Waals surface area contributed by atoms with Gasteiger partial charge < -0.3 is 15.6 Å². The molecule has 102 valence electrons. The summed E-state index contributed by atoms with van der Waals surface area (Å²) in [7, 11) is 1.33. The van der Waals surface area contributed by atoms with Gasteiger partial charge in [0.25, 0.3) is 0 Å². The van der Waals surface area contributed by atoms with E-state index in [1.165, 1.54) is 30.9 Å². The maximum absolute atomic E-state index is 13.5. The molecule has 3 N–H and O–H groups in total. The maximum Gasteiger partial charge on any atom is 0.349 e. The van der Waals surface area contributed by atoms with Crippen molar-refractivity contribution in [2.75, 3.05) is 19.5 Å². The standard InChI is InChI=1S/C11H18FN3O3/c1-8(12)11(7-16,18-2)4-6-15-5-3-9(13)14-10(15)17/h3,5,8,16H,4,6-7H2,1-2H3,(H2,13,14,17). The highest BCUT2D eigenvalue weighted by Gasteiger charge is 2.36. The van der Waals surface area contributed by atoms with Gasteiger partial charge in [0.2, 0.25) is 0 Å². The number of aliphatic hydroxyl groups excluding tert-OH is 1. The molecule has 1 rings (SSSR count). The van der Waals surface area contributed by atoms with Crippen molar-refractivity contribution in [3.8, 4) is 0 Å². The summed E-state index contributed by atoms with van der Waals surface area (Å²) in [5.74, 6) is 0.135. The molecule has 0 fully saturated rings. The van der Waals surface area contributed by atoms with Gasteiger partial charge in [-0.05, 0) is 19.4 Å². The Morgan fingerprint density at radius 1 is 1.72 bits per heavy atom. The van der Waals surface area contributed by atoms with E-state index in [1.54, 1.807) is 0 Å². The Morgan fingerprint density at radius 2 is 2.39 bits per heavy atom. The van der Waals surface area contributed by atoms with E-state index in [4.69, 9.17) is 10.5 Å². The summed E-state index contributed by atoms with van der Waals surface area (Å²) in [6.07, 6.45) is 0.277. The SMILES string of the molecule is COC(CO)(CCn1ccc(N)nc1=O)C(C)F. The number of halogens is 1. The number of aliphatic hydroxyl groups is 1. The topological polar surface area (TPSA) is 90.4 Å². The van der Waals surface area contributed by atoms with E-state index in [0.29, 0.717) is 0 Å². The molecule has 0 aliphatic heterocycles. The predicted octanol–water partition coefficient (Wildman–Crippen LogP) is -0.0489. The van der Waals surface area contributed by atoms with E-state index >= 15 is 0 Å². The number of ether oxygens (including phenoxy) is 1. The van der Waals surface area contributed by atoms with Crippen LogP contribution in [0.25, 0.3) is 0 Å². The summed E-state index contributed by atoms with van der Waals surface area (Å²) in [5, 5.41) is 9.25. The second-order valence-corrected chi connectivity index (χ2v) is 4.12. The van der Waals surface area contributed by atoms with Gasteiger partial charge in [-0.1, -0.05) is 0 Å². The molecule has 1 heterocycles. The molecule has 18 heavy (non-hydrogen) atoms. The van der Waals surface area contributed by atoms with Gasteiger partial charge >= 0.3 is 5.69 Å². The quantitative estimate of drug-likeness (QED) is 0.747. The van der Waals surface area contributed by atoms with Crippen molar-refractivity contribution in [2.24, 2.45) is 0 Å². The molecule has 2 atom stereocenters. The van der Waals surface area contributed by atoms with Crippen molar-refractivity contribution in [1.29, 1.82) is 0 Å². The molecule has 6 nitrogen and oxygen atoms in total. The molecule has 1 aromatic rings. The van der Waals surface area contributed by atoms with Crippen molar-refractivity contribution >= 4 is 5.82 Å². The van der Waals surface area contributed by atoms with E-state index in [0.717, 1.165) is 0 Å². The lowest BCUT2D eigenvalue weighted by molar-refractivity contribution is -0.104. The Morgan fingerprint density at radius 3 is 2.83 bits per heavy atom. The van der Waals surface area contributed by atoms with Crippen LogP contribution in [0.3, 0.4) is 0 Å². The van der Waals surface area contributed by atoms with Gasteiger partial charge in [-0.15, -0.1) is 0 Å². The van der Waals surface area contributed by atoms with Crippen molar-refractivity contribution in [2.45, 2.75) is 31.7 Å². The lowest BCUT2D eigenvalue weighted by Gasteiger charge is -2.32. The smallest absolute Gasteiger partial charge is 0.349 e. The zero-order valence-electron chi connectivity index (χ0n) is 10.5. The fourth-order valence-electron chi connectivity index (χ4n) is 1.65. The minimum Gasteiger partial charge on any atom is -0.393 e. The Balaban J connectivity index is 2.82. The Labute approximate surface area is 104 Å².